The van der Waals surface area contributed by atoms with E-state index in [2.05, 4.69) is 0 Å². The Morgan fingerprint density at radius 3 is 2.46 bits per heavy atom. The molecule has 24 heavy (non-hydrogen) atoms. The summed E-state index contributed by atoms with van der Waals surface area (Å²) >= 11 is 5.84. The molecular weight excluding hydrogens is 329 g/mol. The predicted octanol–water partition coefficient (Wildman–Crippen LogP) is 5.15. The van der Waals surface area contributed by atoms with Crippen LogP contribution in [-0.4, -0.2) is 23.2 Å². The first-order chi connectivity index (χ1) is 11.6. The van der Waals surface area contributed by atoms with Gasteiger partial charge in [0.15, 0.2) is 0 Å². The van der Waals surface area contributed by atoms with Crippen LogP contribution in [0.25, 0.3) is 0 Å². The van der Waals surface area contributed by atoms with Gasteiger partial charge in [-0.05, 0) is 30.2 Å². The van der Waals surface area contributed by atoms with Crippen LogP contribution in [0.15, 0.2) is 54.6 Å². The molecular formula is C19H19ClFNO2. The lowest BCUT2D eigenvalue weighted by Gasteiger charge is -2.28. The molecule has 0 bridgehead atoms. The summed E-state index contributed by atoms with van der Waals surface area (Å²) in [6, 6.07) is 16.0. The largest absolute Gasteiger partial charge is 0.445 e. The first-order valence-electron chi connectivity index (χ1n) is 7.95. The summed E-state index contributed by atoms with van der Waals surface area (Å²) in [6.45, 7) is 2.03. The van der Waals surface area contributed by atoms with Gasteiger partial charge in [0.25, 0.3) is 0 Å². The molecule has 0 aromatic heterocycles. The Labute approximate surface area is 146 Å². The van der Waals surface area contributed by atoms with Crippen LogP contribution < -0.4 is 0 Å². The van der Waals surface area contributed by atoms with Crippen LogP contribution in [0, 0.1) is 0 Å². The molecule has 0 spiro atoms. The SMILES string of the molecule is C[C@@H](c1ccccc1)N(C(=O)OCc1ccc(Cl)cc1)[C@@H]1C[C@@H]1F. The Kier molecular flexibility index (Phi) is 5.05. The van der Waals surface area contributed by atoms with Gasteiger partial charge in [0, 0.05) is 11.4 Å². The molecule has 0 heterocycles. The van der Waals surface area contributed by atoms with Crippen molar-refractivity contribution in [1.29, 1.82) is 0 Å². The number of carbonyl (C=O) groups is 1. The maximum Gasteiger partial charge on any atom is 0.410 e. The van der Waals surface area contributed by atoms with Gasteiger partial charge in [0.1, 0.15) is 12.8 Å². The van der Waals surface area contributed by atoms with E-state index in [9.17, 15) is 9.18 Å². The molecule has 3 nitrogen and oxygen atoms in total. The number of amides is 1. The van der Waals surface area contributed by atoms with Gasteiger partial charge in [0.05, 0.1) is 12.1 Å². The number of ether oxygens (including phenoxy) is 1. The Bertz CT molecular complexity index is 692. The summed E-state index contributed by atoms with van der Waals surface area (Å²) in [5, 5.41) is 0.627. The van der Waals surface area contributed by atoms with E-state index in [1.165, 1.54) is 4.90 Å². The molecule has 0 aliphatic heterocycles. The molecule has 3 rings (SSSR count). The van der Waals surface area contributed by atoms with Crippen molar-refractivity contribution in [3.8, 4) is 0 Å². The van der Waals surface area contributed by atoms with Crippen LogP contribution in [0.3, 0.4) is 0 Å². The number of alkyl halides is 1. The number of hydrogen-bond acceptors (Lipinski definition) is 2. The summed E-state index contributed by atoms with van der Waals surface area (Å²) in [4.78, 5) is 14.0. The van der Waals surface area contributed by atoms with Crippen LogP contribution >= 0.6 is 11.6 Å². The first kappa shape index (κ1) is 16.8. The normalized spacial score (nSPS) is 20.3. The second kappa shape index (κ2) is 7.22. The maximum absolute atomic E-state index is 13.6. The Morgan fingerprint density at radius 1 is 1.25 bits per heavy atom. The molecule has 0 radical (unpaired) electrons. The number of nitrogens with zero attached hydrogens (tertiary/aromatic N) is 1. The number of benzene rings is 2. The molecule has 126 valence electrons. The third-order valence-electron chi connectivity index (χ3n) is 4.22. The van der Waals surface area contributed by atoms with Crippen molar-refractivity contribution >= 4 is 17.7 Å². The van der Waals surface area contributed by atoms with Crippen molar-refractivity contribution in [1.82, 2.24) is 4.90 Å². The topological polar surface area (TPSA) is 29.5 Å². The van der Waals surface area contributed by atoms with Gasteiger partial charge in [-0.3, -0.25) is 4.90 Å². The van der Waals surface area contributed by atoms with E-state index in [0.717, 1.165) is 11.1 Å². The zero-order valence-electron chi connectivity index (χ0n) is 13.4. The highest BCUT2D eigenvalue weighted by atomic mass is 35.5. The lowest BCUT2D eigenvalue weighted by molar-refractivity contribution is 0.0761. The summed E-state index contributed by atoms with van der Waals surface area (Å²) in [6.07, 6.45) is -1.10. The Morgan fingerprint density at radius 2 is 1.88 bits per heavy atom. The van der Waals surface area contributed by atoms with Crippen LogP contribution in [0.4, 0.5) is 9.18 Å². The smallest absolute Gasteiger partial charge is 0.410 e. The number of rotatable bonds is 5. The molecule has 5 heteroatoms. The van der Waals surface area contributed by atoms with Crippen LogP contribution in [0.5, 0.6) is 0 Å². The summed E-state index contributed by atoms with van der Waals surface area (Å²) in [5.74, 6) is 0. The minimum Gasteiger partial charge on any atom is -0.445 e. The lowest BCUT2D eigenvalue weighted by atomic mass is 10.1. The summed E-state index contributed by atoms with van der Waals surface area (Å²) in [7, 11) is 0. The van der Waals surface area contributed by atoms with Crippen molar-refractivity contribution in [2.45, 2.75) is 38.2 Å². The first-order valence-corrected chi connectivity index (χ1v) is 8.32. The zero-order valence-corrected chi connectivity index (χ0v) is 14.1. The van der Waals surface area contributed by atoms with Crippen LogP contribution in [-0.2, 0) is 11.3 Å². The lowest BCUT2D eigenvalue weighted by Crippen LogP contribution is -2.37. The molecule has 1 aliphatic carbocycles. The molecule has 2 aromatic carbocycles. The number of halogens is 2. The monoisotopic (exact) mass is 347 g/mol. The molecule has 2 aromatic rings. The van der Waals surface area contributed by atoms with Crippen molar-refractivity contribution in [2.24, 2.45) is 0 Å². The van der Waals surface area contributed by atoms with Gasteiger partial charge >= 0.3 is 6.09 Å². The molecule has 1 fully saturated rings. The average molecular weight is 348 g/mol. The Hall–Kier alpha value is -2.07. The van der Waals surface area contributed by atoms with Crippen molar-refractivity contribution < 1.29 is 13.9 Å². The quantitative estimate of drug-likeness (QED) is 0.748. The van der Waals surface area contributed by atoms with E-state index >= 15 is 0 Å². The van der Waals surface area contributed by atoms with Gasteiger partial charge in [0.2, 0.25) is 0 Å². The van der Waals surface area contributed by atoms with E-state index in [4.69, 9.17) is 16.3 Å². The number of hydrogen-bond donors (Lipinski definition) is 0. The molecule has 1 amide bonds. The molecule has 1 aliphatic rings. The fraction of sp³-hybridized carbons (Fsp3) is 0.316. The Balaban J connectivity index is 1.69. The highest BCUT2D eigenvalue weighted by Gasteiger charge is 2.47. The summed E-state index contributed by atoms with van der Waals surface area (Å²) < 4.78 is 19.0. The van der Waals surface area contributed by atoms with Gasteiger partial charge in [-0.25, -0.2) is 9.18 Å². The summed E-state index contributed by atoms with van der Waals surface area (Å²) in [5.41, 5.74) is 1.80. The molecule has 0 saturated heterocycles. The van der Waals surface area contributed by atoms with Gasteiger partial charge in [-0.1, -0.05) is 54.1 Å². The molecule has 3 atom stereocenters. The van der Waals surface area contributed by atoms with Crippen LogP contribution in [0.1, 0.15) is 30.5 Å². The van der Waals surface area contributed by atoms with Crippen LogP contribution in [0.2, 0.25) is 5.02 Å². The van der Waals surface area contributed by atoms with Gasteiger partial charge in [-0.15, -0.1) is 0 Å². The van der Waals surface area contributed by atoms with Crippen molar-refractivity contribution in [3.05, 3.63) is 70.7 Å². The highest BCUT2D eigenvalue weighted by Crippen LogP contribution is 2.37. The van der Waals surface area contributed by atoms with Gasteiger partial charge in [-0.2, -0.15) is 0 Å². The fourth-order valence-electron chi connectivity index (χ4n) is 2.71. The molecule has 0 N–H and O–H groups in total. The molecule has 0 unspecified atom stereocenters. The maximum atomic E-state index is 13.6. The van der Waals surface area contributed by atoms with E-state index in [0.29, 0.717) is 11.4 Å². The predicted molar refractivity (Wildman–Crippen MR) is 91.6 cm³/mol. The van der Waals surface area contributed by atoms with E-state index in [-0.39, 0.29) is 12.6 Å². The molecule has 1 saturated carbocycles. The van der Waals surface area contributed by atoms with E-state index < -0.39 is 18.3 Å². The van der Waals surface area contributed by atoms with E-state index in [1.807, 2.05) is 37.3 Å². The van der Waals surface area contributed by atoms with Gasteiger partial charge < -0.3 is 4.74 Å². The standard InChI is InChI=1S/C19H19ClFNO2/c1-13(15-5-3-2-4-6-15)22(18-11-17(18)21)19(23)24-12-14-7-9-16(20)10-8-14/h2-10,13,17-18H,11-12H2,1H3/t13-,17-,18+/m0/s1. The zero-order chi connectivity index (χ0) is 17.1. The number of carbonyl (C=O) groups excluding carboxylic acids is 1. The van der Waals surface area contributed by atoms with Crippen molar-refractivity contribution in [3.63, 3.8) is 0 Å². The minimum absolute atomic E-state index is 0.137. The van der Waals surface area contributed by atoms with Crippen molar-refractivity contribution in [2.75, 3.05) is 0 Å². The minimum atomic E-state index is -0.973. The third kappa shape index (κ3) is 3.88. The second-order valence-corrected chi connectivity index (χ2v) is 6.43. The van der Waals surface area contributed by atoms with E-state index in [1.54, 1.807) is 24.3 Å². The second-order valence-electron chi connectivity index (χ2n) is 5.99. The highest BCUT2D eigenvalue weighted by molar-refractivity contribution is 6.30. The third-order valence-corrected chi connectivity index (χ3v) is 4.48. The fourth-order valence-corrected chi connectivity index (χ4v) is 2.84. The average Bonchev–Trinajstić information content (AvgIpc) is 3.31.